The van der Waals surface area contributed by atoms with Crippen molar-refractivity contribution in [3.63, 3.8) is 0 Å². The van der Waals surface area contributed by atoms with E-state index in [1.807, 2.05) is 6.08 Å². The van der Waals surface area contributed by atoms with E-state index < -0.39 is 5.41 Å². The first kappa shape index (κ1) is 11.5. The number of rotatable bonds is 2. The normalized spacial score (nSPS) is 25.7. The highest BCUT2D eigenvalue weighted by molar-refractivity contribution is 9.09. The third kappa shape index (κ3) is 2.08. The Morgan fingerprint density at radius 2 is 2.14 bits per heavy atom. The number of nitrogens with zero attached hydrogens (tertiary/aromatic N) is 2. The van der Waals surface area contributed by atoms with Gasteiger partial charge in [0, 0.05) is 10.7 Å². The molecule has 0 aliphatic heterocycles. The molecule has 1 aliphatic carbocycles. The van der Waals surface area contributed by atoms with Crippen molar-refractivity contribution in [2.45, 2.75) is 6.42 Å². The van der Waals surface area contributed by atoms with Crippen LogP contribution in [-0.2, 0) is 0 Å². The van der Waals surface area contributed by atoms with E-state index in [1.165, 1.54) is 0 Å². The molecule has 72 valence electrons. The summed E-state index contributed by atoms with van der Waals surface area (Å²) < 4.78 is 0. The molecule has 1 aliphatic rings. The summed E-state index contributed by atoms with van der Waals surface area (Å²) >= 11 is 6.67. The fraction of sp³-hybridized carbons (Fsp3) is 0.400. The maximum Gasteiger partial charge on any atom is 0.0991 e. The SMILES string of the molecule is N#CC1=C(CBr)CC(C#N)(CBr)C=C1. The molecule has 0 fully saturated rings. The largest absolute Gasteiger partial charge is 0.197 e. The zero-order valence-electron chi connectivity index (χ0n) is 7.43. The van der Waals surface area contributed by atoms with Crippen LogP contribution in [0.2, 0.25) is 0 Å². The lowest BCUT2D eigenvalue weighted by Gasteiger charge is -2.25. The number of nitriles is 2. The van der Waals surface area contributed by atoms with Crippen molar-refractivity contribution in [2.75, 3.05) is 10.7 Å². The second kappa shape index (κ2) is 4.77. The van der Waals surface area contributed by atoms with Gasteiger partial charge in [0.1, 0.15) is 0 Å². The van der Waals surface area contributed by atoms with Crippen LogP contribution in [0.15, 0.2) is 23.3 Å². The number of alkyl halides is 2. The standard InChI is InChI=1S/C10H8Br2N2/c11-4-9-3-10(6-12,7-14)2-1-8(9)5-13/h1-2H,3-4,6H2. The number of halogens is 2. The van der Waals surface area contributed by atoms with E-state index in [4.69, 9.17) is 10.5 Å². The maximum atomic E-state index is 9.06. The van der Waals surface area contributed by atoms with Crippen molar-refractivity contribution in [3.05, 3.63) is 23.3 Å². The molecule has 14 heavy (non-hydrogen) atoms. The van der Waals surface area contributed by atoms with Gasteiger partial charge in [0.05, 0.1) is 23.1 Å². The van der Waals surface area contributed by atoms with Gasteiger partial charge in [-0.2, -0.15) is 10.5 Å². The van der Waals surface area contributed by atoms with Crippen molar-refractivity contribution >= 4 is 31.9 Å². The van der Waals surface area contributed by atoms with Gasteiger partial charge in [0.15, 0.2) is 0 Å². The average molecular weight is 316 g/mol. The molecule has 2 nitrogen and oxygen atoms in total. The van der Waals surface area contributed by atoms with Gasteiger partial charge in [-0.15, -0.1) is 0 Å². The fourth-order valence-corrected chi connectivity index (χ4v) is 2.34. The van der Waals surface area contributed by atoms with Gasteiger partial charge in [-0.3, -0.25) is 0 Å². The third-order valence-electron chi connectivity index (χ3n) is 2.22. The molecule has 4 heteroatoms. The Bertz CT molecular complexity index is 371. The Morgan fingerprint density at radius 1 is 1.43 bits per heavy atom. The molecule has 0 aromatic heterocycles. The zero-order valence-corrected chi connectivity index (χ0v) is 10.6. The first-order chi connectivity index (χ1) is 6.71. The van der Waals surface area contributed by atoms with Gasteiger partial charge < -0.3 is 0 Å². The molecular formula is C10H8Br2N2. The van der Waals surface area contributed by atoms with Crippen molar-refractivity contribution in [1.29, 1.82) is 10.5 Å². The predicted molar refractivity (Wildman–Crippen MR) is 62.0 cm³/mol. The molecule has 0 spiro atoms. The lowest BCUT2D eigenvalue weighted by atomic mass is 9.80. The molecule has 0 saturated heterocycles. The van der Waals surface area contributed by atoms with E-state index in [2.05, 4.69) is 44.0 Å². The number of hydrogen-bond acceptors (Lipinski definition) is 2. The smallest absolute Gasteiger partial charge is 0.0991 e. The Hall–Kier alpha value is -0.580. The summed E-state index contributed by atoms with van der Waals surface area (Å²) in [5, 5.41) is 19.1. The molecular weight excluding hydrogens is 308 g/mol. The van der Waals surface area contributed by atoms with Crippen molar-refractivity contribution in [2.24, 2.45) is 5.41 Å². The number of allylic oxidation sites excluding steroid dienone is 4. The maximum absolute atomic E-state index is 9.06. The summed E-state index contributed by atoms with van der Waals surface area (Å²) in [5.41, 5.74) is 1.19. The highest BCUT2D eigenvalue weighted by atomic mass is 79.9. The van der Waals surface area contributed by atoms with E-state index in [-0.39, 0.29) is 0 Å². The molecule has 0 aromatic rings. The molecule has 1 atom stereocenters. The highest BCUT2D eigenvalue weighted by Gasteiger charge is 2.30. The Labute approximate surface area is 100 Å². The number of hydrogen-bond donors (Lipinski definition) is 0. The monoisotopic (exact) mass is 314 g/mol. The minimum Gasteiger partial charge on any atom is -0.197 e. The second-order valence-corrected chi connectivity index (χ2v) is 4.30. The summed E-state index contributed by atoms with van der Waals surface area (Å²) in [6, 6.07) is 4.41. The molecule has 1 rings (SSSR count). The topological polar surface area (TPSA) is 47.6 Å². The van der Waals surface area contributed by atoms with Gasteiger partial charge in [-0.1, -0.05) is 37.9 Å². The summed E-state index contributed by atoms with van der Waals surface area (Å²) in [5.74, 6) is 0. The minimum atomic E-state index is -0.483. The quantitative estimate of drug-likeness (QED) is 0.735. The zero-order chi connectivity index (χ0) is 10.6. The van der Waals surface area contributed by atoms with Crippen LogP contribution in [0.1, 0.15) is 6.42 Å². The van der Waals surface area contributed by atoms with Gasteiger partial charge in [-0.05, 0) is 18.1 Å². The van der Waals surface area contributed by atoms with E-state index in [9.17, 15) is 0 Å². The average Bonchev–Trinajstić information content (AvgIpc) is 2.28. The molecule has 0 heterocycles. The summed E-state index contributed by atoms with van der Waals surface area (Å²) in [7, 11) is 0. The Kier molecular flexibility index (Phi) is 3.92. The second-order valence-electron chi connectivity index (χ2n) is 3.17. The van der Waals surface area contributed by atoms with E-state index in [0.717, 1.165) is 5.57 Å². The third-order valence-corrected chi connectivity index (χ3v) is 3.90. The van der Waals surface area contributed by atoms with Crippen LogP contribution < -0.4 is 0 Å². The lowest BCUT2D eigenvalue weighted by Crippen LogP contribution is -2.22. The van der Waals surface area contributed by atoms with E-state index in [1.54, 1.807) is 6.08 Å². The summed E-state index contributed by atoms with van der Waals surface area (Å²) in [4.78, 5) is 0. The van der Waals surface area contributed by atoms with E-state index in [0.29, 0.717) is 22.7 Å². The predicted octanol–water partition coefficient (Wildman–Crippen LogP) is 3.07. The van der Waals surface area contributed by atoms with Crippen molar-refractivity contribution < 1.29 is 0 Å². The molecule has 0 N–H and O–H groups in total. The Morgan fingerprint density at radius 3 is 2.57 bits per heavy atom. The summed E-state index contributed by atoms with van der Waals surface area (Å²) in [6.45, 7) is 0. The molecule has 0 radical (unpaired) electrons. The fourth-order valence-electron chi connectivity index (χ4n) is 1.33. The van der Waals surface area contributed by atoms with Crippen LogP contribution in [0.5, 0.6) is 0 Å². The Balaban J connectivity index is 3.05. The molecule has 1 unspecified atom stereocenters. The molecule has 0 saturated carbocycles. The molecule has 0 amide bonds. The van der Waals surface area contributed by atoms with Crippen LogP contribution >= 0.6 is 31.9 Å². The van der Waals surface area contributed by atoms with E-state index >= 15 is 0 Å². The summed E-state index contributed by atoms with van der Waals surface area (Å²) in [6.07, 6.45) is 4.18. The molecule has 0 bridgehead atoms. The van der Waals surface area contributed by atoms with Gasteiger partial charge >= 0.3 is 0 Å². The highest BCUT2D eigenvalue weighted by Crippen LogP contribution is 2.35. The lowest BCUT2D eigenvalue weighted by molar-refractivity contribution is 0.569. The van der Waals surface area contributed by atoms with Gasteiger partial charge in [0.25, 0.3) is 0 Å². The van der Waals surface area contributed by atoms with Crippen LogP contribution in [0.4, 0.5) is 0 Å². The van der Waals surface area contributed by atoms with Crippen LogP contribution in [0.25, 0.3) is 0 Å². The minimum absolute atomic E-state index is 0.483. The van der Waals surface area contributed by atoms with Crippen molar-refractivity contribution in [3.8, 4) is 12.1 Å². The van der Waals surface area contributed by atoms with Crippen LogP contribution in [0, 0.1) is 28.1 Å². The van der Waals surface area contributed by atoms with Crippen LogP contribution in [0.3, 0.4) is 0 Å². The first-order valence-corrected chi connectivity index (χ1v) is 6.30. The molecule has 0 aromatic carbocycles. The van der Waals surface area contributed by atoms with Crippen LogP contribution in [-0.4, -0.2) is 10.7 Å². The first-order valence-electron chi connectivity index (χ1n) is 4.06. The van der Waals surface area contributed by atoms with Crippen molar-refractivity contribution in [1.82, 2.24) is 0 Å². The van der Waals surface area contributed by atoms with Gasteiger partial charge in [-0.25, -0.2) is 0 Å². The van der Waals surface area contributed by atoms with Gasteiger partial charge in [0.2, 0.25) is 0 Å².